The molecule has 0 spiro atoms. The Morgan fingerprint density at radius 1 is 0.972 bits per heavy atom. The molecule has 36 heavy (non-hydrogen) atoms. The summed E-state index contributed by atoms with van der Waals surface area (Å²) in [5.41, 5.74) is 3.14. The zero-order valence-corrected chi connectivity index (χ0v) is 22.0. The van der Waals surface area contributed by atoms with Crippen LogP contribution >= 0.6 is 23.2 Å². The number of rotatable bonds is 10. The number of halogens is 2. The highest BCUT2D eigenvalue weighted by atomic mass is 35.5. The Morgan fingerprint density at radius 2 is 1.64 bits per heavy atom. The van der Waals surface area contributed by atoms with Gasteiger partial charge in [0.25, 0.3) is 0 Å². The lowest BCUT2D eigenvalue weighted by Gasteiger charge is -2.38. The van der Waals surface area contributed by atoms with Crippen LogP contribution in [-0.4, -0.2) is 35.4 Å². The van der Waals surface area contributed by atoms with E-state index in [2.05, 4.69) is 27.3 Å². The van der Waals surface area contributed by atoms with Crippen molar-refractivity contribution < 1.29 is 4.79 Å². The van der Waals surface area contributed by atoms with Crippen LogP contribution in [0.5, 0.6) is 0 Å². The van der Waals surface area contributed by atoms with Crippen LogP contribution in [0.4, 0.5) is 0 Å². The van der Waals surface area contributed by atoms with Crippen molar-refractivity contribution in [1.29, 1.82) is 0 Å². The molecule has 1 saturated heterocycles. The lowest BCUT2D eigenvalue weighted by Crippen LogP contribution is -2.37. The topological polar surface area (TPSA) is 45.2 Å². The van der Waals surface area contributed by atoms with Gasteiger partial charge in [-0.25, -0.2) is 0 Å². The Labute approximate surface area is 224 Å². The summed E-state index contributed by atoms with van der Waals surface area (Å²) in [5, 5.41) is 4.54. The molecular weight excluding hydrogens is 489 g/mol. The molecule has 1 aromatic heterocycles. The number of hydrogen-bond donors (Lipinski definition) is 1. The molecule has 3 aromatic rings. The lowest BCUT2D eigenvalue weighted by atomic mass is 9.88. The van der Waals surface area contributed by atoms with E-state index in [-0.39, 0.29) is 11.9 Å². The van der Waals surface area contributed by atoms with E-state index in [0.717, 1.165) is 65.5 Å². The number of unbranched alkanes of at least 4 members (excludes halogenated alkanes) is 1. The second kappa shape index (κ2) is 13.6. The maximum Gasteiger partial charge on any atom is 0.243 e. The number of likely N-dealkylation sites (tertiary alicyclic amines) is 1. The molecule has 4 nitrogen and oxygen atoms in total. The first kappa shape index (κ1) is 26.4. The van der Waals surface area contributed by atoms with Gasteiger partial charge in [-0.2, -0.15) is 0 Å². The molecule has 1 aliphatic heterocycles. The first-order chi connectivity index (χ1) is 17.6. The van der Waals surface area contributed by atoms with Gasteiger partial charge in [0.2, 0.25) is 5.91 Å². The molecule has 1 fully saturated rings. The van der Waals surface area contributed by atoms with Crippen molar-refractivity contribution in [2.24, 2.45) is 5.92 Å². The van der Waals surface area contributed by atoms with E-state index in [1.807, 2.05) is 48.5 Å². The minimum Gasteiger partial charge on any atom is -0.353 e. The Bertz CT molecular complexity index is 1100. The van der Waals surface area contributed by atoms with Gasteiger partial charge in [-0.05, 0) is 79.2 Å². The fourth-order valence-electron chi connectivity index (χ4n) is 4.93. The third kappa shape index (κ3) is 7.42. The van der Waals surface area contributed by atoms with E-state index in [0.29, 0.717) is 12.5 Å². The molecule has 1 aliphatic rings. The molecule has 2 aromatic carbocycles. The zero-order valence-electron chi connectivity index (χ0n) is 20.5. The number of carbonyl (C=O) groups is 1. The summed E-state index contributed by atoms with van der Waals surface area (Å²) in [5.74, 6) is 0.651. The Morgan fingerprint density at radius 3 is 2.25 bits per heavy atom. The highest BCUT2D eigenvalue weighted by molar-refractivity contribution is 6.32. The van der Waals surface area contributed by atoms with Crippen molar-refractivity contribution >= 4 is 35.2 Å². The number of nitrogens with one attached hydrogen (secondary N) is 1. The van der Waals surface area contributed by atoms with Crippen molar-refractivity contribution in [1.82, 2.24) is 15.2 Å². The van der Waals surface area contributed by atoms with Gasteiger partial charge in [-0.3, -0.25) is 14.7 Å². The van der Waals surface area contributed by atoms with E-state index in [1.54, 1.807) is 24.5 Å². The fourth-order valence-corrected chi connectivity index (χ4v) is 5.41. The molecule has 2 heterocycles. The fraction of sp³-hybridized carbons (Fsp3) is 0.333. The van der Waals surface area contributed by atoms with Gasteiger partial charge in [0.15, 0.2) is 0 Å². The van der Waals surface area contributed by atoms with Crippen LogP contribution in [0.25, 0.3) is 6.08 Å². The number of pyridine rings is 1. The Balaban J connectivity index is 1.23. The molecule has 6 heteroatoms. The van der Waals surface area contributed by atoms with E-state index in [9.17, 15) is 4.79 Å². The first-order valence-electron chi connectivity index (χ1n) is 12.7. The van der Waals surface area contributed by atoms with Crippen molar-refractivity contribution in [2.75, 3.05) is 19.6 Å². The van der Waals surface area contributed by atoms with Gasteiger partial charge >= 0.3 is 0 Å². The summed E-state index contributed by atoms with van der Waals surface area (Å²) in [6, 6.07) is 20.0. The SMILES string of the molecule is O=C(C=Cc1cccnc1)NCCCCC1CCN(C(c2ccccc2Cl)c2ccccc2Cl)CC1. The van der Waals surface area contributed by atoms with Crippen molar-refractivity contribution in [2.45, 2.75) is 38.1 Å². The maximum atomic E-state index is 12.0. The van der Waals surface area contributed by atoms with Gasteiger partial charge in [0.05, 0.1) is 6.04 Å². The lowest BCUT2D eigenvalue weighted by molar-refractivity contribution is -0.116. The number of carbonyl (C=O) groups excluding carboxylic acids is 1. The van der Waals surface area contributed by atoms with Crippen LogP contribution in [-0.2, 0) is 4.79 Å². The second-order valence-electron chi connectivity index (χ2n) is 9.33. The van der Waals surface area contributed by atoms with Gasteiger partial charge in [-0.1, -0.05) is 78.5 Å². The van der Waals surface area contributed by atoms with Gasteiger partial charge in [0, 0.05) is 35.1 Å². The second-order valence-corrected chi connectivity index (χ2v) is 10.1. The molecule has 0 aliphatic carbocycles. The predicted octanol–water partition coefficient (Wildman–Crippen LogP) is 7.19. The van der Waals surface area contributed by atoms with Crippen LogP contribution in [0.3, 0.4) is 0 Å². The maximum absolute atomic E-state index is 12.0. The molecule has 1 amide bonds. The third-order valence-electron chi connectivity index (χ3n) is 6.86. The molecule has 0 unspecified atom stereocenters. The standard InChI is InChI=1S/C30H33Cl2N3O/c31-27-12-3-1-10-25(27)30(26-11-2-4-13-28(26)32)35-20-16-23(17-21-35)8-5-6-19-34-29(36)15-14-24-9-7-18-33-22-24/h1-4,7,9-15,18,22-23,30H,5-6,8,16-17,19-21H2,(H,34,36). The molecule has 0 atom stereocenters. The van der Waals surface area contributed by atoms with Crippen LogP contribution < -0.4 is 5.32 Å². The molecule has 0 radical (unpaired) electrons. The summed E-state index contributed by atoms with van der Waals surface area (Å²) in [6.07, 6.45) is 12.4. The van der Waals surface area contributed by atoms with E-state index in [1.165, 1.54) is 6.42 Å². The number of hydrogen-bond acceptors (Lipinski definition) is 3. The van der Waals surface area contributed by atoms with Gasteiger partial charge in [-0.15, -0.1) is 0 Å². The zero-order chi connectivity index (χ0) is 25.2. The summed E-state index contributed by atoms with van der Waals surface area (Å²) < 4.78 is 0. The normalized spacial score (nSPS) is 15.0. The summed E-state index contributed by atoms with van der Waals surface area (Å²) in [4.78, 5) is 18.6. The third-order valence-corrected chi connectivity index (χ3v) is 7.55. The number of benzene rings is 2. The van der Waals surface area contributed by atoms with Crippen LogP contribution in [0.2, 0.25) is 10.0 Å². The summed E-state index contributed by atoms with van der Waals surface area (Å²) in [7, 11) is 0. The molecule has 0 bridgehead atoms. The van der Waals surface area contributed by atoms with E-state index in [4.69, 9.17) is 23.2 Å². The van der Waals surface area contributed by atoms with Crippen LogP contribution in [0.15, 0.2) is 79.1 Å². The number of aromatic nitrogens is 1. The average Bonchev–Trinajstić information content (AvgIpc) is 2.91. The largest absolute Gasteiger partial charge is 0.353 e. The molecule has 0 saturated carbocycles. The van der Waals surface area contributed by atoms with Crippen LogP contribution in [0.1, 0.15) is 54.8 Å². The summed E-state index contributed by atoms with van der Waals surface area (Å²) in [6.45, 7) is 2.74. The van der Waals surface area contributed by atoms with Gasteiger partial charge < -0.3 is 5.32 Å². The van der Waals surface area contributed by atoms with Gasteiger partial charge in [0.1, 0.15) is 0 Å². The van der Waals surface area contributed by atoms with E-state index < -0.39 is 0 Å². The average molecular weight is 523 g/mol. The number of piperidine rings is 1. The summed E-state index contributed by atoms with van der Waals surface area (Å²) >= 11 is 13.3. The highest BCUT2D eigenvalue weighted by Crippen LogP contribution is 2.39. The van der Waals surface area contributed by atoms with Crippen molar-refractivity contribution in [3.8, 4) is 0 Å². The number of nitrogens with zero attached hydrogens (tertiary/aromatic N) is 2. The predicted molar refractivity (Wildman–Crippen MR) is 149 cm³/mol. The molecule has 1 N–H and O–H groups in total. The van der Waals surface area contributed by atoms with Crippen LogP contribution in [0, 0.1) is 5.92 Å². The highest BCUT2D eigenvalue weighted by Gasteiger charge is 2.29. The molecule has 4 rings (SSSR count). The monoisotopic (exact) mass is 521 g/mol. The van der Waals surface area contributed by atoms with Crippen molar-refractivity contribution in [3.63, 3.8) is 0 Å². The molecule has 188 valence electrons. The minimum atomic E-state index is -0.0580. The Kier molecular flexibility index (Phi) is 9.97. The quantitative estimate of drug-likeness (QED) is 0.226. The number of amides is 1. The first-order valence-corrected chi connectivity index (χ1v) is 13.5. The van der Waals surface area contributed by atoms with Crippen molar-refractivity contribution in [3.05, 3.63) is 106 Å². The minimum absolute atomic E-state index is 0.0580. The van der Waals surface area contributed by atoms with E-state index >= 15 is 0 Å². The smallest absolute Gasteiger partial charge is 0.243 e. The molecular formula is C30H33Cl2N3O. The Hall–Kier alpha value is -2.66.